The van der Waals surface area contributed by atoms with Gasteiger partial charge in [0, 0.05) is 6.08 Å². The molecule has 0 unspecified atom stereocenters. The molecule has 0 heterocycles. The van der Waals surface area contributed by atoms with Crippen molar-refractivity contribution in [1.29, 1.82) is 0 Å². The van der Waals surface area contributed by atoms with Crippen LogP contribution in [0.5, 0.6) is 0 Å². The Morgan fingerprint density at radius 1 is 1.08 bits per heavy atom. The number of anilines is 1. The Hall–Kier alpha value is -3.09. The van der Waals surface area contributed by atoms with Crippen molar-refractivity contribution in [2.45, 2.75) is 13.1 Å². The van der Waals surface area contributed by atoms with E-state index in [1.165, 1.54) is 18.2 Å². The van der Waals surface area contributed by atoms with Crippen molar-refractivity contribution in [3.8, 4) is 0 Å². The largest absolute Gasteiger partial charge is 0.452 e. The Labute approximate surface area is 148 Å². The van der Waals surface area contributed by atoms with E-state index in [0.29, 0.717) is 0 Å². The lowest BCUT2D eigenvalue weighted by Gasteiger charge is -2.13. The molecule has 0 fully saturated rings. The summed E-state index contributed by atoms with van der Waals surface area (Å²) in [5.74, 6) is -1.63. The Morgan fingerprint density at radius 3 is 2.42 bits per heavy atom. The maximum Gasteiger partial charge on any atom is 0.418 e. The first-order chi connectivity index (χ1) is 12.3. The third-order valence-electron chi connectivity index (χ3n) is 3.44. The van der Waals surface area contributed by atoms with Gasteiger partial charge in [0.2, 0.25) is 0 Å². The molecule has 0 aliphatic carbocycles. The van der Waals surface area contributed by atoms with Crippen molar-refractivity contribution in [1.82, 2.24) is 0 Å². The Balaban J connectivity index is 1.91. The van der Waals surface area contributed by atoms with Gasteiger partial charge in [-0.3, -0.25) is 4.79 Å². The standard InChI is InChI=1S/C19H16F3NO3/c1-13-6-2-3-7-14(13)10-11-18(25)26-12-17(24)23-16-9-5-4-8-15(16)19(20,21)22/h2-11H,12H2,1H3,(H,23,24)/b11-10+. The van der Waals surface area contributed by atoms with Crippen LogP contribution < -0.4 is 5.32 Å². The third kappa shape index (κ3) is 5.47. The van der Waals surface area contributed by atoms with E-state index in [4.69, 9.17) is 4.74 Å². The summed E-state index contributed by atoms with van der Waals surface area (Å²) < 4.78 is 43.3. The van der Waals surface area contributed by atoms with E-state index in [1.807, 2.05) is 25.1 Å². The van der Waals surface area contributed by atoms with Gasteiger partial charge in [-0.2, -0.15) is 13.2 Å². The second-order valence-corrected chi connectivity index (χ2v) is 5.39. The summed E-state index contributed by atoms with van der Waals surface area (Å²) in [6, 6.07) is 11.9. The average Bonchev–Trinajstić information content (AvgIpc) is 2.59. The molecule has 2 aromatic rings. The topological polar surface area (TPSA) is 55.4 Å². The van der Waals surface area contributed by atoms with E-state index in [-0.39, 0.29) is 0 Å². The first kappa shape index (κ1) is 19.2. The number of carbonyl (C=O) groups excluding carboxylic acids is 2. The van der Waals surface area contributed by atoms with Gasteiger partial charge in [0.1, 0.15) is 0 Å². The number of hydrogen-bond acceptors (Lipinski definition) is 3. The highest BCUT2D eigenvalue weighted by atomic mass is 19.4. The molecule has 136 valence electrons. The summed E-state index contributed by atoms with van der Waals surface area (Å²) in [5, 5.41) is 2.10. The minimum Gasteiger partial charge on any atom is -0.452 e. The van der Waals surface area contributed by atoms with Crippen LogP contribution in [0, 0.1) is 6.92 Å². The number of rotatable bonds is 5. The molecule has 1 N–H and O–H groups in total. The number of amides is 1. The molecule has 26 heavy (non-hydrogen) atoms. The highest BCUT2D eigenvalue weighted by Crippen LogP contribution is 2.34. The number of esters is 1. The minimum absolute atomic E-state index is 0.392. The van der Waals surface area contributed by atoms with Gasteiger partial charge in [-0.1, -0.05) is 36.4 Å². The maximum absolute atomic E-state index is 12.9. The van der Waals surface area contributed by atoms with Crippen LogP contribution >= 0.6 is 0 Å². The van der Waals surface area contributed by atoms with Crippen molar-refractivity contribution in [3.05, 3.63) is 71.3 Å². The third-order valence-corrected chi connectivity index (χ3v) is 3.44. The molecule has 2 aromatic carbocycles. The van der Waals surface area contributed by atoms with E-state index in [9.17, 15) is 22.8 Å². The Morgan fingerprint density at radius 2 is 1.73 bits per heavy atom. The molecule has 0 spiro atoms. The molecule has 0 atom stereocenters. The number of carbonyl (C=O) groups is 2. The van der Waals surface area contributed by atoms with E-state index in [1.54, 1.807) is 6.07 Å². The predicted molar refractivity (Wildman–Crippen MR) is 91.2 cm³/mol. The van der Waals surface area contributed by atoms with Crippen molar-refractivity contribution in [2.75, 3.05) is 11.9 Å². The van der Waals surface area contributed by atoms with Crippen LogP contribution in [0.25, 0.3) is 6.08 Å². The summed E-state index contributed by atoms with van der Waals surface area (Å²) in [7, 11) is 0. The number of hydrogen-bond donors (Lipinski definition) is 1. The van der Waals surface area contributed by atoms with Crippen molar-refractivity contribution < 1.29 is 27.5 Å². The fourth-order valence-electron chi connectivity index (χ4n) is 2.14. The molecular formula is C19H16F3NO3. The van der Waals surface area contributed by atoms with Gasteiger partial charge < -0.3 is 10.1 Å². The molecule has 0 saturated heterocycles. The fraction of sp³-hybridized carbons (Fsp3) is 0.158. The maximum atomic E-state index is 12.9. The highest BCUT2D eigenvalue weighted by Gasteiger charge is 2.33. The first-order valence-corrected chi connectivity index (χ1v) is 7.64. The molecule has 1 amide bonds. The predicted octanol–water partition coefficient (Wildman–Crippen LogP) is 4.21. The number of aryl methyl sites for hydroxylation is 1. The summed E-state index contributed by atoms with van der Waals surface area (Å²) in [6.45, 7) is 1.18. The molecule has 4 nitrogen and oxygen atoms in total. The number of para-hydroxylation sites is 1. The quantitative estimate of drug-likeness (QED) is 0.640. The van der Waals surface area contributed by atoms with Crippen molar-refractivity contribution in [2.24, 2.45) is 0 Å². The number of alkyl halides is 3. The second kappa shape index (κ2) is 8.33. The van der Waals surface area contributed by atoms with Crippen LogP contribution in [-0.4, -0.2) is 18.5 Å². The van der Waals surface area contributed by atoms with Crippen LogP contribution in [-0.2, 0) is 20.5 Å². The van der Waals surface area contributed by atoms with Gasteiger partial charge >= 0.3 is 12.1 Å². The van der Waals surface area contributed by atoms with Gasteiger partial charge in [0.15, 0.2) is 6.61 Å². The van der Waals surface area contributed by atoms with Gasteiger partial charge in [0.25, 0.3) is 5.91 Å². The van der Waals surface area contributed by atoms with Crippen LogP contribution in [0.3, 0.4) is 0 Å². The molecule has 0 bridgehead atoms. The number of ether oxygens (including phenoxy) is 1. The lowest BCUT2D eigenvalue weighted by atomic mass is 10.1. The lowest BCUT2D eigenvalue weighted by Crippen LogP contribution is -2.22. The second-order valence-electron chi connectivity index (χ2n) is 5.39. The van der Waals surface area contributed by atoms with Crippen LogP contribution in [0.4, 0.5) is 18.9 Å². The molecule has 2 rings (SSSR count). The van der Waals surface area contributed by atoms with Crippen LogP contribution in [0.15, 0.2) is 54.6 Å². The minimum atomic E-state index is -4.60. The zero-order valence-electron chi connectivity index (χ0n) is 13.8. The number of nitrogens with one attached hydrogen (secondary N) is 1. The summed E-state index contributed by atoms with van der Waals surface area (Å²) in [4.78, 5) is 23.4. The average molecular weight is 363 g/mol. The summed E-state index contributed by atoms with van der Waals surface area (Å²) >= 11 is 0. The SMILES string of the molecule is Cc1ccccc1/C=C/C(=O)OCC(=O)Nc1ccccc1C(F)(F)F. The summed E-state index contributed by atoms with van der Waals surface area (Å²) in [5.41, 5.74) is 0.404. The first-order valence-electron chi connectivity index (χ1n) is 7.64. The van der Waals surface area contributed by atoms with Crippen LogP contribution in [0.1, 0.15) is 16.7 Å². The smallest absolute Gasteiger partial charge is 0.418 e. The Kier molecular flexibility index (Phi) is 6.16. The van der Waals surface area contributed by atoms with Gasteiger partial charge in [-0.15, -0.1) is 0 Å². The molecule has 0 aliphatic heterocycles. The number of halogens is 3. The van der Waals surface area contributed by atoms with Gasteiger partial charge in [-0.05, 0) is 36.3 Å². The zero-order chi connectivity index (χ0) is 19.2. The van der Waals surface area contributed by atoms with E-state index in [2.05, 4.69) is 5.32 Å². The van der Waals surface area contributed by atoms with Crippen LogP contribution in [0.2, 0.25) is 0 Å². The molecule has 0 radical (unpaired) electrons. The normalized spacial score (nSPS) is 11.4. The van der Waals surface area contributed by atoms with E-state index >= 15 is 0 Å². The van der Waals surface area contributed by atoms with Crippen molar-refractivity contribution >= 4 is 23.6 Å². The van der Waals surface area contributed by atoms with Crippen molar-refractivity contribution in [3.63, 3.8) is 0 Å². The van der Waals surface area contributed by atoms with Gasteiger partial charge in [0.05, 0.1) is 11.3 Å². The molecule has 0 aliphatic rings. The molecular weight excluding hydrogens is 347 g/mol. The molecule has 7 heteroatoms. The Bertz CT molecular complexity index is 829. The lowest BCUT2D eigenvalue weighted by molar-refractivity contribution is -0.142. The van der Waals surface area contributed by atoms with E-state index in [0.717, 1.165) is 29.3 Å². The zero-order valence-corrected chi connectivity index (χ0v) is 13.8. The monoisotopic (exact) mass is 363 g/mol. The number of benzene rings is 2. The highest BCUT2D eigenvalue weighted by molar-refractivity contribution is 5.95. The molecule has 0 saturated carbocycles. The molecule has 0 aromatic heterocycles. The van der Waals surface area contributed by atoms with E-state index < -0.39 is 35.9 Å². The fourth-order valence-corrected chi connectivity index (χ4v) is 2.14. The summed E-state index contributed by atoms with van der Waals surface area (Å²) in [6.07, 6.45) is -1.91. The van der Waals surface area contributed by atoms with Gasteiger partial charge in [-0.25, -0.2) is 4.79 Å².